The van der Waals surface area contributed by atoms with Crippen LogP contribution in [0.5, 0.6) is 5.75 Å². The van der Waals surface area contributed by atoms with Gasteiger partial charge in [0.1, 0.15) is 11.5 Å². The van der Waals surface area contributed by atoms with Gasteiger partial charge in [-0.25, -0.2) is 0 Å². The minimum atomic E-state index is -0.0850. The number of carbonyl (C=O) groups excluding carboxylic acids is 2. The number of benzene rings is 1. The lowest BCUT2D eigenvalue weighted by molar-refractivity contribution is -0.130. The first kappa shape index (κ1) is 18.6. The Morgan fingerprint density at radius 3 is 2.68 bits per heavy atom. The molecule has 1 aromatic carbocycles. The Kier molecular flexibility index (Phi) is 7.07. The minimum absolute atomic E-state index is 0.0828. The monoisotopic (exact) mass is 344 g/mol. The molecule has 2 amide bonds. The molecule has 1 N–H and O–H groups in total. The largest absolute Gasteiger partial charge is 0.496 e. The Labute approximate surface area is 147 Å². The van der Waals surface area contributed by atoms with Crippen molar-refractivity contribution in [2.75, 3.05) is 20.2 Å². The smallest absolute Gasteiger partial charge is 0.221 e. The number of hydrogen-bond acceptors (Lipinski definition) is 4. The van der Waals surface area contributed by atoms with E-state index in [0.717, 1.165) is 11.3 Å². The molecule has 0 bridgehead atoms. The summed E-state index contributed by atoms with van der Waals surface area (Å²) in [6, 6.07) is 11.3. The lowest BCUT2D eigenvalue weighted by Crippen LogP contribution is -2.34. The Morgan fingerprint density at radius 2 is 2.00 bits per heavy atom. The van der Waals surface area contributed by atoms with Crippen LogP contribution in [0.3, 0.4) is 0 Å². The fraction of sp³-hybridized carbons (Fsp3) is 0.368. The molecular formula is C19H24N2O4. The molecular weight excluding hydrogens is 320 g/mol. The van der Waals surface area contributed by atoms with Gasteiger partial charge in [0.25, 0.3) is 0 Å². The van der Waals surface area contributed by atoms with Crippen LogP contribution in [0.15, 0.2) is 47.1 Å². The molecule has 134 valence electrons. The van der Waals surface area contributed by atoms with Crippen molar-refractivity contribution in [3.63, 3.8) is 0 Å². The molecule has 0 aliphatic rings. The van der Waals surface area contributed by atoms with Crippen molar-refractivity contribution in [1.82, 2.24) is 10.2 Å². The first-order valence-corrected chi connectivity index (χ1v) is 8.26. The number of carbonyl (C=O) groups is 2. The summed E-state index contributed by atoms with van der Waals surface area (Å²) in [6.45, 7) is 2.74. The topological polar surface area (TPSA) is 71.8 Å². The van der Waals surface area contributed by atoms with E-state index in [1.807, 2.05) is 30.3 Å². The predicted molar refractivity (Wildman–Crippen MR) is 94.1 cm³/mol. The van der Waals surface area contributed by atoms with Crippen molar-refractivity contribution in [2.45, 2.75) is 26.3 Å². The quantitative estimate of drug-likeness (QED) is 0.758. The number of nitrogens with zero attached hydrogens (tertiary/aromatic N) is 1. The number of nitrogens with one attached hydrogen (secondary N) is 1. The Balaban J connectivity index is 1.74. The van der Waals surface area contributed by atoms with E-state index in [-0.39, 0.29) is 18.2 Å². The second-order valence-corrected chi connectivity index (χ2v) is 5.68. The van der Waals surface area contributed by atoms with E-state index >= 15 is 0 Å². The maximum absolute atomic E-state index is 12.0. The maximum Gasteiger partial charge on any atom is 0.221 e. The van der Waals surface area contributed by atoms with Crippen LogP contribution < -0.4 is 10.1 Å². The van der Waals surface area contributed by atoms with Gasteiger partial charge in [0.05, 0.1) is 19.9 Å². The number of methoxy groups -OCH3 is 1. The highest BCUT2D eigenvalue weighted by Crippen LogP contribution is 2.17. The Morgan fingerprint density at radius 1 is 1.20 bits per heavy atom. The van der Waals surface area contributed by atoms with Crippen molar-refractivity contribution in [3.05, 3.63) is 54.0 Å². The zero-order valence-corrected chi connectivity index (χ0v) is 14.7. The highest BCUT2D eigenvalue weighted by molar-refractivity contribution is 5.78. The third kappa shape index (κ3) is 5.99. The standard InChI is InChI=1S/C19H24N2O4/c1-15(22)21(14-17-7-5-13-25-17)12-10-19(23)20-11-9-16-6-3-4-8-18(16)24-2/h3-8,13H,9-12,14H2,1-2H3,(H,20,23). The van der Waals surface area contributed by atoms with Crippen LogP contribution in [-0.2, 0) is 22.6 Å². The fourth-order valence-corrected chi connectivity index (χ4v) is 2.51. The summed E-state index contributed by atoms with van der Waals surface area (Å²) in [5, 5.41) is 2.88. The van der Waals surface area contributed by atoms with E-state index in [1.165, 1.54) is 6.92 Å². The van der Waals surface area contributed by atoms with Crippen LogP contribution in [0.1, 0.15) is 24.7 Å². The molecule has 0 atom stereocenters. The van der Waals surface area contributed by atoms with Crippen LogP contribution in [0.2, 0.25) is 0 Å². The zero-order chi connectivity index (χ0) is 18.1. The fourth-order valence-electron chi connectivity index (χ4n) is 2.51. The van der Waals surface area contributed by atoms with Gasteiger partial charge in [0.15, 0.2) is 0 Å². The first-order chi connectivity index (χ1) is 12.1. The SMILES string of the molecule is COc1ccccc1CCNC(=O)CCN(Cc1ccco1)C(C)=O. The number of furan rings is 1. The van der Waals surface area contributed by atoms with Gasteiger partial charge < -0.3 is 19.4 Å². The average molecular weight is 344 g/mol. The van der Waals surface area contributed by atoms with Crippen molar-refractivity contribution in [1.29, 1.82) is 0 Å². The van der Waals surface area contributed by atoms with Crippen LogP contribution in [0.4, 0.5) is 0 Å². The molecule has 0 fully saturated rings. The average Bonchev–Trinajstić information content (AvgIpc) is 3.12. The summed E-state index contributed by atoms with van der Waals surface area (Å²) < 4.78 is 10.5. The zero-order valence-electron chi connectivity index (χ0n) is 14.7. The number of amides is 2. The molecule has 2 rings (SSSR count). The van der Waals surface area contributed by atoms with Gasteiger partial charge in [0.2, 0.25) is 11.8 Å². The highest BCUT2D eigenvalue weighted by Gasteiger charge is 2.13. The van der Waals surface area contributed by atoms with E-state index in [0.29, 0.717) is 31.8 Å². The summed E-state index contributed by atoms with van der Waals surface area (Å²) in [6.07, 6.45) is 2.52. The molecule has 0 spiro atoms. The van der Waals surface area contributed by atoms with E-state index in [2.05, 4.69) is 5.32 Å². The number of rotatable bonds is 9. The van der Waals surface area contributed by atoms with Gasteiger partial charge in [-0.3, -0.25) is 9.59 Å². The van der Waals surface area contributed by atoms with Crippen molar-refractivity contribution < 1.29 is 18.7 Å². The summed E-state index contributed by atoms with van der Waals surface area (Å²) >= 11 is 0. The second kappa shape index (κ2) is 9.52. The van der Waals surface area contributed by atoms with Crippen molar-refractivity contribution in [3.8, 4) is 5.75 Å². The molecule has 0 radical (unpaired) electrons. The summed E-state index contributed by atoms with van der Waals surface area (Å²) in [7, 11) is 1.63. The minimum Gasteiger partial charge on any atom is -0.496 e. The summed E-state index contributed by atoms with van der Waals surface area (Å²) in [5.74, 6) is 1.35. The third-order valence-electron chi connectivity index (χ3n) is 3.89. The molecule has 0 unspecified atom stereocenters. The van der Waals surface area contributed by atoms with E-state index in [9.17, 15) is 9.59 Å². The molecule has 6 nitrogen and oxygen atoms in total. The number of hydrogen-bond donors (Lipinski definition) is 1. The Bertz CT molecular complexity index is 682. The van der Waals surface area contributed by atoms with Gasteiger partial charge in [-0.2, -0.15) is 0 Å². The van der Waals surface area contributed by atoms with Crippen molar-refractivity contribution >= 4 is 11.8 Å². The second-order valence-electron chi connectivity index (χ2n) is 5.68. The lowest BCUT2D eigenvalue weighted by Gasteiger charge is -2.19. The van der Waals surface area contributed by atoms with Gasteiger partial charge in [-0.15, -0.1) is 0 Å². The van der Waals surface area contributed by atoms with Crippen LogP contribution in [0.25, 0.3) is 0 Å². The van der Waals surface area contributed by atoms with Crippen LogP contribution in [0, 0.1) is 0 Å². The van der Waals surface area contributed by atoms with Gasteiger partial charge >= 0.3 is 0 Å². The van der Waals surface area contributed by atoms with E-state index in [4.69, 9.17) is 9.15 Å². The predicted octanol–water partition coefficient (Wildman–Crippen LogP) is 2.39. The van der Waals surface area contributed by atoms with E-state index in [1.54, 1.807) is 24.3 Å². The maximum atomic E-state index is 12.0. The number of para-hydroxylation sites is 1. The number of ether oxygens (including phenoxy) is 1. The third-order valence-corrected chi connectivity index (χ3v) is 3.89. The molecule has 25 heavy (non-hydrogen) atoms. The first-order valence-electron chi connectivity index (χ1n) is 8.26. The Hall–Kier alpha value is -2.76. The molecule has 0 aliphatic carbocycles. The molecule has 1 aromatic heterocycles. The molecule has 2 aromatic rings. The summed E-state index contributed by atoms with van der Waals surface area (Å²) in [4.78, 5) is 25.3. The molecule has 0 saturated carbocycles. The molecule has 6 heteroatoms. The van der Waals surface area contributed by atoms with Crippen molar-refractivity contribution in [2.24, 2.45) is 0 Å². The van der Waals surface area contributed by atoms with Crippen LogP contribution in [-0.4, -0.2) is 36.9 Å². The van der Waals surface area contributed by atoms with Gasteiger partial charge in [-0.1, -0.05) is 18.2 Å². The lowest BCUT2D eigenvalue weighted by atomic mass is 10.1. The molecule has 1 heterocycles. The normalized spacial score (nSPS) is 10.3. The van der Waals surface area contributed by atoms with Gasteiger partial charge in [0, 0.05) is 26.4 Å². The van der Waals surface area contributed by atoms with Crippen LogP contribution >= 0.6 is 0 Å². The van der Waals surface area contributed by atoms with E-state index < -0.39 is 0 Å². The molecule has 0 saturated heterocycles. The molecule has 0 aliphatic heterocycles. The summed E-state index contributed by atoms with van der Waals surface area (Å²) in [5.41, 5.74) is 1.05. The highest BCUT2D eigenvalue weighted by atomic mass is 16.5. The van der Waals surface area contributed by atoms with Gasteiger partial charge in [-0.05, 0) is 30.2 Å².